The van der Waals surface area contributed by atoms with Gasteiger partial charge in [-0.25, -0.2) is 0 Å². The maximum atomic E-state index is 12.2. The quantitative estimate of drug-likeness (QED) is 0.421. The molecule has 0 saturated carbocycles. The number of hydrogen-bond donors (Lipinski definition) is 1. The highest BCUT2D eigenvalue weighted by Gasteiger charge is 2.13. The van der Waals surface area contributed by atoms with E-state index in [-0.39, 0.29) is 23.8 Å². The van der Waals surface area contributed by atoms with E-state index in [1.54, 1.807) is 35.3 Å². The van der Waals surface area contributed by atoms with Crippen molar-refractivity contribution >= 4 is 33.2 Å². The molecule has 0 spiro atoms. The number of rotatable bonds is 7. The van der Waals surface area contributed by atoms with Crippen molar-refractivity contribution in [2.45, 2.75) is 19.9 Å². The number of benzene rings is 2. The Labute approximate surface area is 169 Å². The van der Waals surface area contributed by atoms with Crippen LogP contribution in [0.2, 0.25) is 0 Å². The highest BCUT2D eigenvalue weighted by Crippen LogP contribution is 2.30. The largest absolute Gasteiger partial charge is 0.457 e. The van der Waals surface area contributed by atoms with E-state index < -0.39 is 4.92 Å². The third-order valence-corrected chi connectivity index (χ3v) is 4.22. The molecule has 8 nitrogen and oxygen atoms in total. The zero-order valence-electron chi connectivity index (χ0n) is 15.0. The molecule has 2 aromatic carbocycles. The number of nitro groups is 1. The number of amides is 1. The van der Waals surface area contributed by atoms with Gasteiger partial charge in [0.05, 0.1) is 27.3 Å². The van der Waals surface area contributed by atoms with E-state index in [0.717, 1.165) is 10.0 Å². The van der Waals surface area contributed by atoms with Crippen molar-refractivity contribution < 1.29 is 14.5 Å². The monoisotopic (exact) mass is 444 g/mol. The third-order valence-electron chi connectivity index (χ3n) is 3.81. The van der Waals surface area contributed by atoms with Crippen molar-refractivity contribution in [3.63, 3.8) is 0 Å². The average Bonchev–Trinajstić information content (AvgIpc) is 3.07. The number of hydrogen-bond acceptors (Lipinski definition) is 5. The number of carbonyl (C=O) groups excluding carboxylic acids is 1. The van der Waals surface area contributed by atoms with Crippen LogP contribution in [0.5, 0.6) is 11.5 Å². The Balaban J connectivity index is 1.72. The van der Waals surface area contributed by atoms with Crippen molar-refractivity contribution in [1.29, 1.82) is 0 Å². The van der Waals surface area contributed by atoms with Crippen LogP contribution >= 0.6 is 15.9 Å². The normalized spacial score (nSPS) is 10.5. The minimum Gasteiger partial charge on any atom is -0.457 e. The molecule has 0 saturated heterocycles. The fourth-order valence-corrected chi connectivity index (χ4v) is 2.79. The molecule has 1 heterocycles. The Kier molecular flexibility index (Phi) is 6.05. The smallest absolute Gasteiger partial charge is 0.275 e. The summed E-state index contributed by atoms with van der Waals surface area (Å²) in [6, 6.07) is 11.5. The predicted octanol–water partition coefficient (Wildman–Crippen LogP) is 4.68. The van der Waals surface area contributed by atoms with Crippen LogP contribution in [0, 0.1) is 17.0 Å². The Bertz CT molecular complexity index is 1000. The summed E-state index contributed by atoms with van der Waals surface area (Å²) in [5.41, 5.74) is 1.20. The lowest BCUT2D eigenvalue weighted by Crippen LogP contribution is -2.14. The van der Waals surface area contributed by atoms with Gasteiger partial charge in [0.15, 0.2) is 0 Å². The molecule has 0 radical (unpaired) electrons. The summed E-state index contributed by atoms with van der Waals surface area (Å²) in [4.78, 5) is 22.9. The minimum atomic E-state index is -0.529. The SMILES string of the molecule is Cc1ccc(Oc2cc(NC(=O)CCn3cc(Br)cn3)cc([N+](=O)[O-])c2)cc1. The highest BCUT2D eigenvalue weighted by molar-refractivity contribution is 9.10. The minimum absolute atomic E-state index is 0.170. The first-order valence-corrected chi connectivity index (χ1v) is 9.20. The Morgan fingerprint density at radius 3 is 2.64 bits per heavy atom. The number of non-ortho nitro benzene ring substituents is 1. The second-order valence-corrected chi connectivity index (χ2v) is 7.02. The lowest BCUT2D eigenvalue weighted by molar-refractivity contribution is -0.384. The fourth-order valence-electron chi connectivity index (χ4n) is 2.46. The molecule has 144 valence electrons. The number of ether oxygens (including phenoxy) is 1. The van der Waals surface area contributed by atoms with Crippen LogP contribution in [-0.4, -0.2) is 20.6 Å². The molecule has 9 heteroatoms. The Morgan fingerprint density at radius 1 is 1.25 bits per heavy atom. The van der Waals surface area contributed by atoms with Gasteiger partial charge in [0, 0.05) is 31.3 Å². The summed E-state index contributed by atoms with van der Waals surface area (Å²) in [5, 5.41) is 18.0. The van der Waals surface area contributed by atoms with E-state index in [0.29, 0.717) is 18.0 Å². The van der Waals surface area contributed by atoms with E-state index in [2.05, 4.69) is 26.3 Å². The molecule has 0 aliphatic carbocycles. The summed E-state index contributed by atoms with van der Waals surface area (Å²) < 4.78 is 8.16. The molecule has 0 bridgehead atoms. The maximum absolute atomic E-state index is 12.2. The molecule has 28 heavy (non-hydrogen) atoms. The van der Waals surface area contributed by atoms with E-state index in [1.165, 1.54) is 12.1 Å². The summed E-state index contributed by atoms with van der Waals surface area (Å²) in [6.45, 7) is 2.34. The van der Waals surface area contributed by atoms with Gasteiger partial charge in [-0.3, -0.25) is 19.6 Å². The van der Waals surface area contributed by atoms with Gasteiger partial charge in [-0.2, -0.15) is 5.10 Å². The lowest BCUT2D eigenvalue weighted by atomic mass is 10.2. The number of anilines is 1. The molecule has 1 aromatic heterocycles. The van der Waals surface area contributed by atoms with Gasteiger partial charge in [-0.1, -0.05) is 17.7 Å². The second-order valence-electron chi connectivity index (χ2n) is 6.11. The molecular weight excluding hydrogens is 428 g/mol. The number of nitrogens with one attached hydrogen (secondary N) is 1. The van der Waals surface area contributed by atoms with Crippen molar-refractivity contribution in [2.75, 3.05) is 5.32 Å². The van der Waals surface area contributed by atoms with Gasteiger partial charge in [0.1, 0.15) is 11.5 Å². The van der Waals surface area contributed by atoms with Crippen molar-refractivity contribution in [3.8, 4) is 11.5 Å². The van der Waals surface area contributed by atoms with E-state index >= 15 is 0 Å². The number of aromatic nitrogens is 2. The van der Waals surface area contributed by atoms with Gasteiger partial charge in [-0.15, -0.1) is 0 Å². The van der Waals surface area contributed by atoms with Crippen molar-refractivity contribution in [3.05, 3.63) is 75.0 Å². The van der Waals surface area contributed by atoms with E-state index in [1.807, 2.05) is 19.1 Å². The van der Waals surface area contributed by atoms with Crippen LogP contribution in [0.15, 0.2) is 59.3 Å². The predicted molar refractivity (Wildman–Crippen MR) is 108 cm³/mol. The van der Waals surface area contributed by atoms with Gasteiger partial charge < -0.3 is 10.1 Å². The molecule has 1 amide bonds. The van der Waals surface area contributed by atoms with Crippen molar-refractivity contribution in [1.82, 2.24) is 9.78 Å². The topological polar surface area (TPSA) is 99.3 Å². The number of nitrogens with zero attached hydrogens (tertiary/aromatic N) is 3. The van der Waals surface area contributed by atoms with E-state index in [9.17, 15) is 14.9 Å². The second kappa shape index (κ2) is 8.66. The molecule has 0 unspecified atom stereocenters. The van der Waals surface area contributed by atoms with Gasteiger partial charge in [0.25, 0.3) is 5.69 Å². The molecular formula is C19H17BrN4O4. The summed E-state index contributed by atoms with van der Waals surface area (Å²) in [6.07, 6.45) is 3.56. The number of nitro benzene ring substituents is 1. The first-order chi connectivity index (χ1) is 13.4. The van der Waals surface area contributed by atoms with Gasteiger partial charge >= 0.3 is 0 Å². The van der Waals surface area contributed by atoms with E-state index in [4.69, 9.17) is 4.74 Å². The van der Waals surface area contributed by atoms with Gasteiger partial charge in [-0.05, 0) is 35.0 Å². The van der Waals surface area contributed by atoms with Crippen LogP contribution in [-0.2, 0) is 11.3 Å². The van der Waals surface area contributed by atoms with Crippen LogP contribution in [0.1, 0.15) is 12.0 Å². The van der Waals surface area contributed by atoms with Crippen LogP contribution in [0.25, 0.3) is 0 Å². The number of aryl methyl sites for hydroxylation is 2. The third kappa shape index (κ3) is 5.40. The maximum Gasteiger partial charge on any atom is 0.275 e. The van der Waals surface area contributed by atoms with Crippen LogP contribution in [0.4, 0.5) is 11.4 Å². The number of halogens is 1. The first-order valence-electron chi connectivity index (χ1n) is 8.41. The molecule has 0 fully saturated rings. The molecule has 0 aliphatic heterocycles. The molecule has 3 rings (SSSR count). The Hall–Kier alpha value is -3.20. The first kappa shape index (κ1) is 19.6. The number of carbonyl (C=O) groups is 1. The Morgan fingerprint density at radius 2 is 2.00 bits per heavy atom. The van der Waals surface area contributed by atoms with Gasteiger partial charge in [0.2, 0.25) is 5.91 Å². The molecule has 1 N–H and O–H groups in total. The zero-order valence-corrected chi connectivity index (χ0v) is 16.5. The molecule has 0 aliphatic rings. The van der Waals surface area contributed by atoms with Crippen LogP contribution in [0.3, 0.4) is 0 Å². The summed E-state index contributed by atoms with van der Waals surface area (Å²) in [5.74, 6) is 0.533. The summed E-state index contributed by atoms with van der Waals surface area (Å²) in [7, 11) is 0. The summed E-state index contributed by atoms with van der Waals surface area (Å²) >= 11 is 3.29. The zero-order chi connectivity index (χ0) is 20.1. The average molecular weight is 445 g/mol. The molecule has 0 atom stereocenters. The van der Waals surface area contributed by atoms with Crippen molar-refractivity contribution in [2.24, 2.45) is 0 Å². The molecule has 3 aromatic rings. The standard InChI is InChI=1S/C19H17BrN4O4/c1-13-2-4-17(5-3-13)28-18-9-15(8-16(10-18)24(26)27)22-19(25)6-7-23-12-14(20)11-21-23/h2-5,8-12H,6-7H2,1H3,(H,22,25). The van der Waals surface area contributed by atoms with Crippen LogP contribution < -0.4 is 10.1 Å². The highest BCUT2D eigenvalue weighted by atomic mass is 79.9. The fraction of sp³-hybridized carbons (Fsp3) is 0.158. The lowest BCUT2D eigenvalue weighted by Gasteiger charge is -2.10.